The summed E-state index contributed by atoms with van der Waals surface area (Å²) in [5.74, 6) is 0.0456. The molecule has 0 unspecified atom stereocenters. The molecule has 26 heavy (non-hydrogen) atoms. The van der Waals surface area contributed by atoms with Crippen molar-refractivity contribution < 1.29 is 9.52 Å². The van der Waals surface area contributed by atoms with Crippen molar-refractivity contribution in [2.45, 2.75) is 6.54 Å². The fraction of sp³-hybridized carbons (Fsp3) is 0.0556. The molecule has 7 nitrogen and oxygen atoms in total. The van der Waals surface area contributed by atoms with Gasteiger partial charge in [0, 0.05) is 21.8 Å². The van der Waals surface area contributed by atoms with Crippen LogP contribution in [0.5, 0.6) is 5.88 Å². The maximum Gasteiger partial charge on any atom is 0.331 e. The topological polar surface area (TPSA) is 101 Å². The molecule has 0 fully saturated rings. The van der Waals surface area contributed by atoms with Gasteiger partial charge in [0.25, 0.3) is 5.56 Å². The molecule has 4 rings (SSSR count). The Hall–Kier alpha value is -3.13. The lowest BCUT2D eigenvalue weighted by molar-refractivity contribution is 0.392. The first-order chi connectivity index (χ1) is 12.5. The molecule has 2 aromatic heterocycles. The lowest BCUT2D eigenvalue weighted by Crippen LogP contribution is -2.31. The minimum absolute atomic E-state index is 0.000838. The van der Waals surface area contributed by atoms with Gasteiger partial charge in [-0.2, -0.15) is 0 Å². The van der Waals surface area contributed by atoms with Gasteiger partial charge in [-0.15, -0.1) is 0 Å². The van der Waals surface area contributed by atoms with Crippen LogP contribution in [0.15, 0.2) is 60.1 Å². The van der Waals surface area contributed by atoms with E-state index in [1.165, 1.54) is 12.3 Å². The molecule has 1 aromatic carbocycles. The molecule has 1 aliphatic heterocycles. The van der Waals surface area contributed by atoms with Crippen molar-refractivity contribution in [3.63, 3.8) is 0 Å². The van der Waals surface area contributed by atoms with Crippen LogP contribution in [-0.4, -0.2) is 20.9 Å². The molecule has 0 saturated carbocycles. The third kappa shape index (κ3) is 2.84. The Balaban J connectivity index is 1.84. The summed E-state index contributed by atoms with van der Waals surface area (Å²) in [6.45, 7) is 0.000838. The van der Waals surface area contributed by atoms with Gasteiger partial charge in [0.1, 0.15) is 11.3 Å². The predicted octanol–water partition coefficient (Wildman–Crippen LogP) is 2.90. The first kappa shape index (κ1) is 16.3. The molecule has 0 radical (unpaired) electrons. The molecule has 3 heterocycles. The molecule has 0 atom stereocenters. The quantitative estimate of drug-likeness (QED) is 0.688. The molecule has 8 heteroatoms. The number of fused-ring (bicyclic) bond motifs is 1. The number of allylic oxidation sites excluding steroid dienone is 1. The van der Waals surface area contributed by atoms with Crippen LogP contribution in [-0.2, 0) is 6.54 Å². The van der Waals surface area contributed by atoms with Gasteiger partial charge in [-0.3, -0.25) is 19.3 Å². The van der Waals surface area contributed by atoms with Crippen molar-refractivity contribution in [3.8, 4) is 5.88 Å². The van der Waals surface area contributed by atoms with Crippen LogP contribution in [0.4, 0.5) is 5.69 Å². The van der Waals surface area contributed by atoms with E-state index in [0.717, 1.165) is 20.3 Å². The van der Waals surface area contributed by atoms with Crippen LogP contribution in [0.3, 0.4) is 0 Å². The minimum atomic E-state index is -0.714. The van der Waals surface area contributed by atoms with Crippen molar-refractivity contribution >= 4 is 39.5 Å². The maximum atomic E-state index is 12.2. The van der Waals surface area contributed by atoms with E-state index in [1.54, 1.807) is 18.3 Å². The molecular formula is C18H12BrN3O4. The number of aromatic hydroxyl groups is 1. The number of aliphatic imine (C=N–C) groups is 1. The zero-order chi connectivity index (χ0) is 18.3. The van der Waals surface area contributed by atoms with Gasteiger partial charge < -0.3 is 9.52 Å². The Kier molecular flexibility index (Phi) is 3.96. The monoisotopic (exact) mass is 413 g/mol. The molecule has 0 bridgehead atoms. The number of H-pyrrole nitrogens is 1. The molecule has 0 amide bonds. The van der Waals surface area contributed by atoms with Gasteiger partial charge in [-0.1, -0.05) is 15.9 Å². The molecule has 3 aromatic rings. The minimum Gasteiger partial charge on any atom is -0.494 e. The molecule has 130 valence electrons. The van der Waals surface area contributed by atoms with E-state index in [-0.39, 0.29) is 12.1 Å². The van der Waals surface area contributed by atoms with E-state index in [4.69, 9.17) is 4.42 Å². The summed E-state index contributed by atoms with van der Waals surface area (Å²) < 4.78 is 7.12. The second kappa shape index (κ2) is 6.30. The van der Waals surface area contributed by atoms with E-state index in [1.807, 2.05) is 18.2 Å². The number of halogens is 1. The van der Waals surface area contributed by atoms with Crippen molar-refractivity contribution in [2.75, 3.05) is 0 Å². The Bertz CT molecular complexity index is 1170. The largest absolute Gasteiger partial charge is 0.494 e. The Morgan fingerprint density at radius 3 is 2.92 bits per heavy atom. The van der Waals surface area contributed by atoms with Crippen molar-refractivity contribution in [1.29, 1.82) is 0 Å². The van der Waals surface area contributed by atoms with Gasteiger partial charge in [-0.25, -0.2) is 4.79 Å². The summed E-state index contributed by atoms with van der Waals surface area (Å²) in [6, 6.07) is 8.94. The standard InChI is InChI=1S/C18H12BrN3O4/c19-11-3-4-15-13(7-11)10(8-20-15)6-14-16(23)21-18(25)22(17(14)24)9-12-2-1-5-26-12/h1-8,24H,9H2,(H,21,23,25)/b10-6-. The van der Waals surface area contributed by atoms with E-state index in [0.29, 0.717) is 11.3 Å². The van der Waals surface area contributed by atoms with Crippen LogP contribution < -0.4 is 11.2 Å². The molecule has 0 saturated heterocycles. The number of hydrogen-bond donors (Lipinski definition) is 2. The number of furan rings is 1. The first-order valence-electron chi connectivity index (χ1n) is 7.67. The average Bonchev–Trinajstić information content (AvgIpc) is 3.25. The highest BCUT2D eigenvalue weighted by molar-refractivity contribution is 9.10. The van der Waals surface area contributed by atoms with Crippen molar-refractivity contribution in [2.24, 2.45) is 4.99 Å². The number of aromatic nitrogens is 2. The first-order valence-corrected chi connectivity index (χ1v) is 8.46. The van der Waals surface area contributed by atoms with Gasteiger partial charge in [-0.05, 0) is 36.4 Å². The molecule has 1 aliphatic rings. The number of nitrogens with zero attached hydrogens (tertiary/aromatic N) is 2. The van der Waals surface area contributed by atoms with Crippen LogP contribution in [0.2, 0.25) is 0 Å². The Morgan fingerprint density at radius 1 is 1.31 bits per heavy atom. The fourth-order valence-corrected chi connectivity index (χ4v) is 3.10. The predicted molar refractivity (Wildman–Crippen MR) is 101 cm³/mol. The zero-order valence-electron chi connectivity index (χ0n) is 13.3. The van der Waals surface area contributed by atoms with Gasteiger partial charge >= 0.3 is 5.69 Å². The number of aromatic amines is 1. The number of hydrogen-bond acceptors (Lipinski definition) is 5. The highest BCUT2D eigenvalue weighted by atomic mass is 79.9. The summed E-state index contributed by atoms with van der Waals surface area (Å²) in [5, 5.41) is 10.5. The molecule has 0 aliphatic carbocycles. The molecule has 0 spiro atoms. The summed E-state index contributed by atoms with van der Waals surface area (Å²) in [7, 11) is 0. The zero-order valence-corrected chi connectivity index (χ0v) is 14.9. The van der Waals surface area contributed by atoms with E-state index >= 15 is 0 Å². The van der Waals surface area contributed by atoms with Crippen LogP contribution in [0.25, 0.3) is 11.6 Å². The third-order valence-corrected chi connectivity index (χ3v) is 4.51. The molecular weight excluding hydrogens is 402 g/mol. The number of nitrogens with one attached hydrogen (secondary N) is 1. The van der Waals surface area contributed by atoms with E-state index < -0.39 is 17.1 Å². The van der Waals surface area contributed by atoms with Crippen molar-refractivity contribution in [3.05, 3.63) is 78.8 Å². The van der Waals surface area contributed by atoms with Crippen LogP contribution in [0.1, 0.15) is 16.9 Å². The highest BCUT2D eigenvalue weighted by Crippen LogP contribution is 2.35. The lowest BCUT2D eigenvalue weighted by Gasteiger charge is -2.09. The van der Waals surface area contributed by atoms with E-state index in [9.17, 15) is 14.7 Å². The lowest BCUT2D eigenvalue weighted by atomic mass is 10.1. The summed E-state index contributed by atoms with van der Waals surface area (Å²) in [4.78, 5) is 30.8. The number of rotatable bonds is 3. The van der Waals surface area contributed by atoms with Gasteiger partial charge in [0.2, 0.25) is 5.88 Å². The Morgan fingerprint density at radius 2 is 2.15 bits per heavy atom. The Labute approximate surface area is 155 Å². The van der Waals surface area contributed by atoms with Gasteiger partial charge in [0.15, 0.2) is 0 Å². The SMILES string of the molecule is O=c1[nH]c(=O)n(Cc2ccco2)c(O)c1/C=C1/C=Nc2ccc(Br)cc21. The highest BCUT2D eigenvalue weighted by Gasteiger charge is 2.17. The van der Waals surface area contributed by atoms with Gasteiger partial charge in [0.05, 0.1) is 18.5 Å². The average molecular weight is 414 g/mol. The summed E-state index contributed by atoms with van der Waals surface area (Å²) in [6.07, 6.45) is 4.59. The maximum absolute atomic E-state index is 12.2. The second-order valence-corrected chi connectivity index (χ2v) is 6.60. The third-order valence-electron chi connectivity index (χ3n) is 4.01. The van der Waals surface area contributed by atoms with Crippen LogP contribution in [0, 0.1) is 0 Å². The second-order valence-electron chi connectivity index (χ2n) is 5.68. The van der Waals surface area contributed by atoms with Crippen LogP contribution >= 0.6 is 15.9 Å². The molecule has 2 N–H and O–H groups in total. The smallest absolute Gasteiger partial charge is 0.331 e. The van der Waals surface area contributed by atoms with Crippen molar-refractivity contribution in [1.82, 2.24) is 9.55 Å². The summed E-state index contributed by atoms with van der Waals surface area (Å²) in [5.41, 5.74) is 0.832. The summed E-state index contributed by atoms with van der Waals surface area (Å²) >= 11 is 3.41. The van der Waals surface area contributed by atoms with E-state index in [2.05, 4.69) is 25.9 Å². The fourth-order valence-electron chi connectivity index (χ4n) is 2.74. The number of benzene rings is 1. The normalized spacial score (nSPS) is 14.1.